The topological polar surface area (TPSA) is 78.9 Å². The van der Waals surface area contributed by atoms with Gasteiger partial charge in [0.15, 0.2) is 0 Å². The Morgan fingerprint density at radius 2 is 1.88 bits per heavy atom. The Hall–Kier alpha value is -1.58. The van der Waals surface area contributed by atoms with Crippen LogP contribution in [0.2, 0.25) is 0 Å². The molecular weight excluding hydrogens is 354 g/mol. The molecule has 8 nitrogen and oxygen atoms in total. The number of hydrogen-bond acceptors (Lipinski definition) is 7. The molecule has 0 aromatic carbocycles. The highest BCUT2D eigenvalue weighted by Gasteiger charge is 2.39. The van der Waals surface area contributed by atoms with Gasteiger partial charge in [0.1, 0.15) is 5.01 Å². The van der Waals surface area contributed by atoms with Crippen LogP contribution < -0.4 is 4.90 Å². The lowest BCUT2D eigenvalue weighted by molar-refractivity contribution is -0.137. The first-order valence-electron chi connectivity index (χ1n) is 9.33. The molecule has 9 heteroatoms. The molecule has 4 rings (SSSR count). The van der Waals surface area contributed by atoms with E-state index in [9.17, 15) is 9.59 Å². The molecule has 3 aliphatic rings. The van der Waals surface area contributed by atoms with Gasteiger partial charge in [-0.15, -0.1) is 10.2 Å². The maximum Gasteiger partial charge on any atom is 0.229 e. The summed E-state index contributed by atoms with van der Waals surface area (Å²) in [6.45, 7) is 7.46. The summed E-state index contributed by atoms with van der Waals surface area (Å²) in [5.74, 6) is -0.170. The SMILES string of the molecule is Cc1nnc(N2CC(C(=O)N3CCC(N4CCOCC4)CC3)CC2=O)s1. The largest absolute Gasteiger partial charge is 0.379 e. The van der Waals surface area contributed by atoms with Gasteiger partial charge in [-0.05, 0) is 19.8 Å². The van der Waals surface area contributed by atoms with Crippen molar-refractivity contribution >= 4 is 28.3 Å². The summed E-state index contributed by atoms with van der Waals surface area (Å²) in [6.07, 6.45) is 2.29. The number of likely N-dealkylation sites (tertiary alicyclic amines) is 1. The second-order valence-corrected chi connectivity index (χ2v) is 8.37. The maximum absolute atomic E-state index is 12.9. The van der Waals surface area contributed by atoms with E-state index < -0.39 is 0 Å². The number of aromatic nitrogens is 2. The number of hydrogen-bond donors (Lipinski definition) is 0. The van der Waals surface area contributed by atoms with Crippen LogP contribution in [0.5, 0.6) is 0 Å². The van der Waals surface area contributed by atoms with Crippen LogP contribution in [-0.4, -0.2) is 83.8 Å². The summed E-state index contributed by atoms with van der Waals surface area (Å²) in [4.78, 5) is 31.3. The minimum Gasteiger partial charge on any atom is -0.379 e. The zero-order chi connectivity index (χ0) is 18.1. The lowest BCUT2D eigenvalue weighted by atomic mass is 10.00. The molecule has 3 aliphatic heterocycles. The molecule has 0 radical (unpaired) electrons. The second kappa shape index (κ2) is 7.58. The molecule has 0 N–H and O–H groups in total. The van der Waals surface area contributed by atoms with Gasteiger partial charge in [0, 0.05) is 45.2 Å². The molecule has 0 spiro atoms. The number of ether oxygens (including phenoxy) is 1. The highest BCUT2D eigenvalue weighted by atomic mass is 32.1. The molecule has 2 amide bonds. The van der Waals surface area contributed by atoms with Crippen LogP contribution in [0.25, 0.3) is 0 Å². The number of morpholine rings is 1. The molecule has 1 aromatic rings. The quantitative estimate of drug-likeness (QED) is 0.762. The van der Waals surface area contributed by atoms with Crippen molar-refractivity contribution in [1.29, 1.82) is 0 Å². The van der Waals surface area contributed by atoms with Crippen LogP contribution in [0.15, 0.2) is 0 Å². The first-order valence-corrected chi connectivity index (χ1v) is 10.1. The van der Waals surface area contributed by atoms with Gasteiger partial charge in [0.2, 0.25) is 16.9 Å². The molecule has 3 fully saturated rings. The molecular formula is C17H25N5O3S. The molecule has 4 heterocycles. The van der Waals surface area contributed by atoms with E-state index in [-0.39, 0.29) is 24.2 Å². The van der Waals surface area contributed by atoms with Crippen molar-refractivity contribution in [3.8, 4) is 0 Å². The Labute approximate surface area is 157 Å². The number of rotatable bonds is 3. The standard InChI is InChI=1S/C17H25N5O3S/c1-12-18-19-17(26-12)22-11-13(10-15(22)23)16(24)21-4-2-14(3-5-21)20-6-8-25-9-7-20/h13-14H,2-11H2,1H3. The molecule has 0 aliphatic carbocycles. The van der Waals surface area contributed by atoms with Crippen LogP contribution in [0, 0.1) is 12.8 Å². The van der Waals surface area contributed by atoms with Gasteiger partial charge in [0.25, 0.3) is 0 Å². The van der Waals surface area contributed by atoms with Gasteiger partial charge in [-0.3, -0.25) is 19.4 Å². The molecule has 0 bridgehead atoms. The number of amides is 2. The fourth-order valence-electron chi connectivity index (χ4n) is 4.11. The Bertz CT molecular complexity index is 667. The minimum absolute atomic E-state index is 0.0253. The fraction of sp³-hybridized carbons (Fsp3) is 0.765. The van der Waals surface area contributed by atoms with E-state index in [1.807, 2.05) is 11.8 Å². The van der Waals surface area contributed by atoms with E-state index in [2.05, 4.69) is 15.1 Å². The number of nitrogens with zero attached hydrogens (tertiary/aromatic N) is 5. The van der Waals surface area contributed by atoms with Crippen LogP contribution in [-0.2, 0) is 14.3 Å². The van der Waals surface area contributed by atoms with Crippen molar-refractivity contribution in [2.45, 2.75) is 32.2 Å². The third-order valence-electron chi connectivity index (χ3n) is 5.56. The van der Waals surface area contributed by atoms with Crippen LogP contribution in [0.3, 0.4) is 0 Å². The lowest BCUT2D eigenvalue weighted by Gasteiger charge is -2.40. The summed E-state index contributed by atoms with van der Waals surface area (Å²) >= 11 is 1.40. The van der Waals surface area contributed by atoms with E-state index in [1.54, 1.807) is 4.90 Å². The summed E-state index contributed by atoms with van der Waals surface area (Å²) in [5, 5.41) is 9.46. The Morgan fingerprint density at radius 3 is 2.54 bits per heavy atom. The minimum atomic E-state index is -0.258. The van der Waals surface area contributed by atoms with Gasteiger partial charge in [-0.1, -0.05) is 11.3 Å². The maximum atomic E-state index is 12.9. The van der Waals surface area contributed by atoms with Crippen molar-refractivity contribution in [1.82, 2.24) is 20.0 Å². The fourth-order valence-corrected chi connectivity index (χ4v) is 4.82. The predicted molar refractivity (Wildman–Crippen MR) is 97.1 cm³/mol. The third-order valence-corrected chi connectivity index (χ3v) is 6.42. The van der Waals surface area contributed by atoms with E-state index in [1.165, 1.54) is 11.3 Å². The summed E-state index contributed by atoms with van der Waals surface area (Å²) in [6, 6.07) is 0.550. The lowest BCUT2D eigenvalue weighted by Crippen LogP contribution is -2.51. The number of carbonyl (C=O) groups excluding carboxylic acids is 2. The first-order chi connectivity index (χ1) is 12.6. The van der Waals surface area contributed by atoms with E-state index in [0.717, 1.165) is 57.2 Å². The predicted octanol–water partition coefficient (Wildman–Crippen LogP) is 0.523. The zero-order valence-corrected chi connectivity index (χ0v) is 15.9. The van der Waals surface area contributed by atoms with Crippen LogP contribution in [0.4, 0.5) is 5.13 Å². The van der Waals surface area contributed by atoms with Crippen molar-refractivity contribution < 1.29 is 14.3 Å². The van der Waals surface area contributed by atoms with E-state index in [0.29, 0.717) is 17.7 Å². The highest BCUT2D eigenvalue weighted by Crippen LogP contribution is 2.29. The monoisotopic (exact) mass is 379 g/mol. The summed E-state index contributed by atoms with van der Waals surface area (Å²) in [5.41, 5.74) is 0. The Kier molecular flexibility index (Phi) is 5.19. The van der Waals surface area contributed by atoms with Gasteiger partial charge < -0.3 is 9.64 Å². The molecule has 3 saturated heterocycles. The average Bonchev–Trinajstić information content (AvgIpc) is 3.27. The molecule has 0 saturated carbocycles. The number of carbonyl (C=O) groups is 2. The van der Waals surface area contributed by atoms with Crippen molar-refractivity contribution in [3.63, 3.8) is 0 Å². The van der Waals surface area contributed by atoms with Crippen molar-refractivity contribution in [2.75, 3.05) is 50.8 Å². The summed E-state index contributed by atoms with van der Waals surface area (Å²) in [7, 11) is 0. The number of aryl methyl sites for hydroxylation is 1. The highest BCUT2D eigenvalue weighted by molar-refractivity contribution is 7.15. The van der Waals surface area contributed by atoms with Gasteiger partial charge in [-0.25, -0.2) is 0 Å². The average molecular weight is 379 g/mol. The van der Waals surface area contributed by atoms with Gasteiger partial charge in [0.05, 0.1) is 19.1 Å². The normalized spacial score (nSPS) is 25.9. The Balaban J connectivity index is 1.32. The van der Waals surface area contributed by atoms with E-state index >= 15 is 0 Å². The smallest absolute Gasteiger partial charge is 0.229 e. The molecule has 142 valence electrons. The second-order valence-electron chi connectivity index (χ2n) is 7.21. The zero-order valence-electron chi connectivity index (χ0n) is 15.1. The number of piperidine rings is 1. The molecule has 1 aromatic heterocycles. The van der Waals surface area contributed by atoms with Crippen LogP contribution >= 0.6 is 11.3 Å². The van der Waals surface area contributed by atoms with Crippen molar-refractivity contribution in [3.05, 3.63) is 5.01 Å². The van der Waals surface area contributed by atoms with Gasteiger partial charge in [-0.2, -0.15) is 0 Å². The van der Waals surface area contributed by atoms with E-state index in [4.69, 9.17) is 4.74 Å². The van der Waals surface area contributed by atoms with Gasteiger partial charge >= 0.3 is 0 Å². The number of anilines is 1. The Morgan fingerprint density at radius 1 is 1.15 bits per heavy atom. The molecule has 1 atom stereocenters. The summed E-state index contributed by atoms with van der Waals surface area (Å²) < 4.78 is 5.42. The third kappa shape index (κ3) is 3.60. The first kappa shape index (κ1) is 17.8. The van der Waals surface area contributed by atoms with Crippen molar-refractivity contribution in [2.24, 2.45) is 5.92 Å². The molecule has 1 unspecified atom stereocenters. The molecule has 26 heavy (non-hydrogen) atoms. The van der Waals surface area contributed by atoms with Crippen LogP contribution in [0.1, 0.15) is 24.3 Å².